The molecule has 0 saturated heterocycles. The van der Waals surface area contributed by atoms with E-state index >= 15 is 0 Å². The topological polar surface area (TPSA) is 119 Å². The predicted molar refractivity (Wildman–Crippen MR) is 169 cm³/mol. The molecular formula is C33H36N4O5S. The quantitative estimate of drug-likeness (QED) is 0.282. The number of aliphatic hydroxyl groups is 1. The molecule has 0 aromatic heterocycles. The first-order chi connectivity index (χ1) is 20.5. The Kier molecular flexibility index (Phi) is 8.55. The van der Waals surface area contributed by atoms with Gasteiger partial charge in [-0.25, -0.2) is 8.42 Å². The summed E-state index contributed by atoms with van der Waals surface area (Å²) < 4.78 is 24.0. The third-order valence-electron chi connectivity index (χ3n) is 8.06. The van der Waals surface area contributed by atoms with Crippen LogP contribution in [0.25, 0.3) is 10.8 Å². The number of nitrogens with one attached hydrogen (secondary N) is 2. The van der Waals surface area contributed by atoms with Gasteiger partial charge in [0.15, 0.2) is 16.1 Å². The van der Waals surface area contributed by atoms with Gasteiger partial charge in [-0.2, -0.15) is 0 Å². The normalized spacial score (nSPS) is 16.9. The predicted octanol–water partition coefficient (Wildman–Crippen LogP) is 3.69. The van der Waals surface area contributed by atoms with Crippen LogP contribution in [0.5, 0.6) is 0 Å². The number of hydrogen-bond donors (Lipinski definition) is 3. The highest BCUT2D eigenvalue weighted by molar-refractivity contribution is 7.90. The average Bonchev–Trinajstić information content (AvgIpc) is 3.11. The first-order valence-electron chi connectivity index (χ1n) is 14.1. The number of carbonyl (C=O) groups excluding carboxylic acids is 2. The van der Waals surface area contributed by atoms with E-state index in [1.54, 1.807) is 35.9 Å². The molecule has 3 N–H and O–H groups in total. The van der Waals surface area contributed by atoms with Gasteiger partial charge in [0.2, 0.25) is 5.91 Å². The van der Waals surface area contributed by atoms with Crippen LogP contribution in [-0.4, -0.2) is 57.3 Å². The Morgan fingerprint density at radius 3 is 2.30 bits per heavy atom. The molecule has 224 valence electrons. The number of aryl methyl sites for hydroxylation is 1. The molecule has 1 aliphatic heterocycles. The summed E-state index contributed by atoms with van der Waals surface area (Å²) in [6.07, 6.45) is -0.108. The third kappa shape index (κ3) is 6.13. The maximum atomic E-state index is 14.4. The summed E-state index contributed by atoms with van der Waals surface area (Å²) >= 11 is 0. The molecule has 10 heteroatoms. The van der Waals surface area contributed by atoms with E-state index in [2.05, 4.69) is 16.7 Å². The second-order valence-corrected chi connectivity index (χ2v) is 12.9. The summed E-state index contributed by atoms with van der Waals surface area (Å²) in [5.41, 5.74) is 3.65. The van der Waals surface area contributed by atoms with Crippen molar-refractivity contribution in [2.24, 2.45) is 0 Å². The van der Waals surface area contributed by atoms with Gasteiger partial charge in [0.25, 0.3) is 5.91 Å². The van der Waals surface area contributed by atoms with Crippen molar-refractivity contribution in [2.75, 3.05) is 29.6 Å². The molecule has 0 saturated carbocycles. The van der Waals surface area contributed by atoms with Crippen LogP contribution in [0, 0.1) is 6.92 Å². The lowest BCUT2D eigenvalue weighted by atomic mass is 9.99. The molecule has 43 heavy (non-hydrogen) atoms. The summed E-state index contributed by atoms with van der Waals surface area (Å²) in [5.74, 6) is -0.654. The zero-order chi connectivity index (χ0) is 30.9. The lowest BCUT2D eigenvalue weighted by Crippen LogP contribution is -2.55. The zero-order valence-electron chi connectivity index (χ0n) is 24.6. The number of rotatable bonds is 8. The van der Waals surface area contributed by atoms with Gasteiger partial charge in [0.1, 0.15) is 6.04 Å². The number of likely N-dealkylation sites (N-methyl/N-ethyl adjacent to an activating group) is 1. The van der Waals surface area contributed by atoms with Gasteiger partial charge < -0.3 is 25.5 Å². The lowest BCUT2D eigenvalue weighted by Gasteiger charge is -2.32. The van der Waals surface area contributed by atoms with Crippen LogP contribution in [0.3, 0.4) is 0 Å². The van der Waals surface area contributed by atoms with E-state index in [4.69, 9.17) is 0 Å². The molecular weight excluding hydrogens is 564 g/mol. The van der Waals surface area contributed by atoms with Gasteiger partial charge in [-0.3, -0.25) is 9.59 Å². The molecule has 2 amide bonds. The SMILES string of the molecule is CN[C@@H](C)C(=O)N[C@H]1CN([C@H](O)c2ccc(S(C)(=O)=O)cc2)c2ccccc2N(Cc2c(C)ccc3ccccc23)C1=O. The molecule has 3 atom stereocenters. The van der Waals surface area contributed by atoms with Gasteiger partial charge in [0.05, 0.1) is 35.4 Å². The summed E-state index contributed by atoms with van der Waals surface area (Å²) in [6, 6.07) is 23.9. The molecule has 1 heterocycles. The first-order valence-corrected chi connectivity index (χ1v) is 16.0. The van der Waals surface area contributed by atoms with Crippen molar-refractivity contribution in [3.63, 3.8) is 0 Å². The number of benzene rings is 4. The Labute approximate surface area is 252 Å². The summed E-state index contributed by atoms with van der Waals surface area (Å²) in [6.45, 7) is 3.96. The van der Waals surface area contributed by atoms with Crippen molar-refractivity contribution in [1.82, 2.24) is 10.6 Å². The molecule has 1 aliphatic rings. The van der Waals surface area contributed by atoms with Crippen molar-refractivity contribution >= 4 is 43.8 Å². The first kappa shape index (κ1) is 30.2. The zero-order valence-corrected chi connectivity index (χ0v) is 25.4. The minimum atomic E-state index is -3.42. The molecule has 0 aliphatic carbocycles. The van der Waals surface area contributed by atoms with Crippen molar-refractivity contribution in [3.05, 3.63) is 102 Å². The number of amides is 2. The van der Waals surface area contributed by atoms with E-state index in [0.717, 1.165) is 28.2 Å². The van der Waals surface area contributed by atoms with Gasteiger partial charge >= 0.3 is 0 Å². The third-order valence-corrected chi connectivity index (χ3v) is 9.19. The van der Waals surface area contributed by atoms with Crippen molar-refractivity contribution < 1.29 is 23.1 Å². The minimum Gasteiger partial charge on any atom is -0.369 e. The summed E-state index contributed by atoms with van der Waals surface area (Å²) in [5, 5.41) is 19.6. The number of fused-ring (bicyclic) bond motifs is 2. The van der Waals surface area contributed by atoms with E-state index in [-0.39, 0.29) is 29.8 Å². The lowest BCUT2D eigenvalue weighted by molar-refractivity contribution is -0.128. The van der Waals surface area contributed by atoms with E-state index in [1.807, 2.05) is 61.5 Å². The monoisotopic (exact) mass is 600 g/mol. The number of sulfone groups is 1. The second-order valence-electron chi connectivity index (χ2n) is 10.9. The van der Waals surface area contributed by atoms with Gasteiger partial charge in [-0.05, 0) is 67.1 Å². The van der Waals surface area contributed by atoms with Crippen LogP contribution >= 0.6 is 0 Å². The standard InChI is InChI=1S/C33H36N4O5S/c1-21-13-14-23-9-5-6-10-26(23)27(21)19-36-29-11-7-8-12-30(29)37(20-28(33(36)40)35-31(38)22(2)34-3)32(39)24-15-17-25(18-16-24)43(4,41)42/h5-18,22,28,32,34,39H,19-20H2,1-4H3,(H,35,38)/t22-,28-,32+/m0/s1. The number of carbonyl (C=O) groups is 2. The number of aliphatic hydroxyl groups excluding tert-OH is 1. The van der Waals surface area contributed by atoms with Crippen LogP contribution in [0.4, 0.5) is 11.4 Å². The second kappa shape index (κ2) is 12.2. The maximum absolute atomic E-state index is 14.4. The molecule has 9 nitrogen and oxygen atoms in total. The van der Waals surface area contributed by atoms with Gasteiger partial charge in [-0.1, -0.05) is 60.7 Å². The molecule has 0 spiro atoms. The Bertz CT molecular complexity index is 1770. The largest absolute Gasteiger partial charge is 0.369 e. The fraction of sp³-hybridized carbons (Fsp3) is 0.273. The van der Waals surface area contributed by atoms with E-state index in [9.17, 15) is 23.1 Å². The van der Waals surface area contributed by atoms with Gasteiger partial charge in [-0.15, -0.1) is 0 Å². The molecule has 0 bridgehead atoms. The van der Waals surface area contributed by atoms with Crippen LogP contribution < -0.4 is 20.4 Å². The van der Waals surface area contributed by atoms with Crippen LogP contribution in [-0.2, 0) is 26.0 Å². The van der Waals surface area contributed by atoms with E-state index in [1.165, 1.54) is 12.1 Å². The smallest absolute Gasteiger partial charge is 0.251 e. The fourth-order valence-electron chi connectivity index (χ4n) is 5.43. The summed E-state index contributed by atoms with van der Waals surface area (Å²) in [7, 11) is -1.75. The van der Waals surface area contributed by atoms with Crippen molar-refractivity contribution in [1.29, 1.82) is 0 Å². The molecule has 5 rings (SSSR count). The molecule has 4 aromatic carbocycles. The molecule has 0 radical (unpaired) electrons. The van der Waals surface area contributed by atoms with Crippen molar-refractivity contribution in [3.8, 4) is 0 Å². The number of nitrogens with zero attached hydrogens (tertiary/aromatic N) is 2. The molecule has 0 unspecified atom stereocenters. The summed E-state index contributed by atoms with van der Waals surface area (Å²) in [4.78, 5) is 30.9. The fourth-order valence-corrected chi connectivity index (χ4v) is 6.06. The Morgan fingerprint density at radius 1 is 0.977 bits per heavy atom. The average molecular weight is 601 g/mol. The Balaban J connectivity index is 1.62. The van der Waals surface area contributed by atoms with E-state index < -0.39 is 28.1 Å². The highest BCUT2D eigenvalue weighted by Gasteiger charge is 2.38. The van der Waals surface area contributed by atoms with Crippen LogP contribution in [0.1, 0.15) is 29.8 Å². The molecule has 4 aromatic rings. The highest BCUT2D eigenvalue weighted by Crippen LogP contribution is 2.39. The van der Waals surface area contributed by atoms with E-state index in [0.29, 0.717) is 16.9 Å². The maximum Gasteiger partial charge on any atom is 0.251 e. The minimum absolute atomic E-state index is 0.0158. The van der Waals surface area contributed by atoms with Gasteiger partial charge in [0, 0.05) is 11.8 Å². The van der Waals surface area contributed by atoms with Crippen LogP contribution in [0.15, 0.2) is 89.8 Å². The number of anilines is 2. The van der Waals surface area contributed by atoms with Crippen molar-refractivity contribution in [2.45, 2.75) is 43.6 Å². The van der Waals surface area contributed by atoms with Crippen LogP contribution in [0.2, 0.25) is 0 Å². The molecule has 0 fully saturated rings. The number of para-hydroxylation sites is 2. The highest BCUT2D eigenvalue weighted by atomic mass is 32.2. The number of hydrogen-bond acceptors (Lipinski definition) is 7. The Hall–Kier alpha value is -4.25. The Morgan fingerprint density at radius 2 is 1.63 bits per heavy atom.